The van der Waals surface area contributed by atoms with Gasteiger partial charge in [-0.2, -0.15) is 0 Å². The number of imide groups is 1. The van der Waals surface area contributed by atoms with E-state index in [1.54, 1.807) is 12.1 Å². The summed E-state index contributed by atoms with van der Waals surface area (Å²) in [5.74, 6) is 0.0683. The molecule has 2 N–H and O–H groups in total. The van der Waals surface area contributed by atoms with Crippen LogP contribution in [0.15, 0.2) is 58.8 Å². The van der Waals surface area contributed by atoms with Crippen molar-refractivity contribution in [1.82, 2.24) is 10.6 Å². The Labute approximate surface area is 108 Å². The van der Waals surface area contributed by atoms with Gasteiger partial charge in [-0.15, -0.1) is 0 Å². The average molecular weight is 254 g/mol. The summed E-state index contributed by atoms with van der Waals surface area (Å²) in [7, 11) is 0. The lowest BCUT2D eigenvalue weighted by atomic mass is 10.0. The lowest BCUT2D eigenvalue weighted by Gasteiger charge is -2.07. The van der Waals surface area contributed by atoms with E-state index in [-0.39, 0.29) is 5.70 Å². The van der Waals surface area contributed by atoms with Gasteiger partial charge < -0.3 is 9.73 Å². The maximum absolute atomic E-state index is 11.8. The fourth-order valence-electron chi connectivity index (χ4n) is 1.98. The lowest BCUT2D eigenvalue weighted by Crippen LogP contribution is -2.22. The van der Waals surface area contributed by atoms with Crippen LogP contribution in [-0.4, -0.2) is 11.9 Å². The second kappa shape index (κ2) is 4.45. The Morgan fingerprint density at radius 2 is 1.74 bits per heavy atom. The summed E-state index contributed by atoms with van der Waals surface area (Å²) in [5, 5.41) is 4.70. The molecule has 0 radical (unpaired) electrons. The van der Waals surface area contributed by atoms with Crippen LogP contribution in [0.1, 0.15) is 11.3 Å². The summed E-state index contributed by atoms with van der Waals surface area (Å²) >= 11 is 0. The zero-order valence-corrected chi connectivity index (χ0v) is 9.84. The van der Waals surface area contributed by atoms with Crippen LogP contribution in [0.2, 0.25) is 0 Å². The molecule has 1 aromatic heterocycles. The van der Waals surface area contributed by atoms with Gasteiger partial charge in [-0.25, -0.2) is 4.79 Å². The highest BCUT2D eigenvalue weighted by atomic mass is 16.3. The Morgan fingerprint density at radius 3 is 2.32 bits per heavy atom. The molecule has 1 aromatic carbocycles. The first-order chi connectivity index (χ1) is 9.25. The van der Waals surface area contributed by atoms with Crippen LogP contribution in [0.4, 0.5) is 4.79 Å². The molecule has 1 fully saturated rings. The Bertz CT molecular complexity index is 657. The quantitative estimate of drug-likeness (QED) is 0.635. The third-order valence-electron chi connectivity index (χ3n) is 2.77. The molecule has 0 aliphatic carbocycles. The van der Waals surface area contributed by atoms with E-state index in [2.05, 4.69) is 10.6 Å². The Kier molecular flexibility index (Phi) is 2.64. The van der Waals surface area contributed by atoms with Crippen LogP contribution in [0.25, 0.3) is 5.57 Å². The zero-order valence-electron chi connectivity index (χ0n) is 9.84. The van der Waals surface area contributed by atoms with Crippen molar-refractivity contribution in [2.24, 2.45) is 0 Å². The van der Waals surface area contributed by atoms with Crippen molar-refractivity contribution in [2.75, 3.05) is 0 Å². The maximum atomic E-state index is 11.8. The summed E-state index contributed by atoms with van der Waals surface area (Å²) in [6, 6.07) is 12.2. The van der Waals surface area contributed by atoms with Crippen LogP contribution >= 0.6 is 0 Å². The molecule has 3 rings (SSSR count). The molecule has 2 aromatic rings. The minimum Gasteiger partial charge on any atom is -0.464 e. The number of hydrogen-bond donors (Lipinski definition) is 2. The fraction of sp³-hybridized carbons (Fsp3) is 0. The molecular formula is C14H10N2O3. The predicted molar refractivity (Wildman–Crippen MR) is 67.8 cm³/mol. The maximum Gasteiger partial charge on any atom is 0.326 e. The molecule has 3 amide bonds. The van der Waals surface area contributed by atoms with Crippen LogP contribution in [0.3, 0.4) is 0 Å². The molecule has 1 aliphatic rings. The summed E-state index contributed by atoms with van der Waals surface area (Å²) in [5.41, 5.74) is 1.56. The van der Waals surface area contributed by atoms with Gasteiger partial charge in [0, 0.05) is 0 Å². The van der Waals surface area contributed by atoms with E-state index in [0.717, 1.165) is 5.56 Å². The number of carbonyl (C=O) groups is 2. The number of benzene rings is 1. The summed E-state index contributed by atoms with van der Waals surface area (Å²) in [6.07, 6.45) is 1.52. The van der Waals surface area contributed by atoms with Crippen LogP contribution in [0, 0.1) is 0 Å². The molecule has 0 atom stereocenters. The first-order valence-corrected chi connectivity index (χ1v) is 5.71. The number of hydrogen-bond acceptors (Lipinski definition) is 3. The molecule has 5 heteroatoms. The smallest absolute Gasteiger partial charge is 0.326 e. The zero-order chi connectivity index (χ0) is 13.2. The highest BCUT2D eigenvalue weighted by molar-refractivity contribution is 6.16. The summed E-state index contributed by atoms with van der Waals surface area (Å²) in [6.45, 7) is 0. The predicted octanol–water partition coefficient (Wildman–Crippen LogP) is 1.88. The largest absolute Gasteiger partial charge is 0.464 e. The fourth-order valence-corrected chi connectivity index (χ4v) is 1.98. The number of carbonyl (C=O) groups excluding carboxylic acids is 2. The third kappa shape index (κ3) is 2.01. The third-order valence-corrected chi connectivity index (χ3v) is 2.77. The highest BCUT2D eigenvalue weighted by Crippen LogP contribution is 2.27. The van der Waals surface area contributed by atoms with E-state index in [1.807, 2.05) is 30.3 Å². The Balaban J connectivity index is 2.21. The molecule has 94 valence electrons. The van der Waals surface area contributed by atoms with E-state index in [9.17, 15) is 9.59 Å². The van der Waals surface area contributed by atoms with Gasteiger partial charge in [0.25, 0.3) is 5.91 Å². The molecule has 2 heterocycles. The van der Waals surface area contributed by atoms with E-state index in [1.165, 1.54) is 6.26 Å². The molecular weight excluding hydrogens is 244 g/mol. The number of nitrogens with one attached hydrogen (secondary N) is 2. The van der Waals surface area contributed by atoms with Gasteiger partial charge in [-0.05, 0) is 17.7 Å². The second-order valence-electron chi connectivity index (χ2n) is 4.00. The van der Waals surface area contributed by atoms with Gasteiger partial charge in [0.1, 0.15) is 11.5 Å². The summed E-state index contributed by atoms with van der Waals surface area (Å²) in [4.78, 5) is 23.1. The minimum absolute atomic E-state index is 0.200. The molecule has 1 aliphatic heterocycles. The second-order valence-corrected chi connectivity index (χ2v) is 4.00. The number of urea groups is 1. The van der Waals surface area contributed by atoms with Gasteiger partial charge in [0.2, 0.25) is 0 Å². The first kappa shape index (κ1) is 11.3. The van der Waals surface area contributed by atoms with Crippen molar-refractivity contribution in [3.63, 3.8) is 0 Å². The monoisotopic (exact) mass is 254 g/mol. The van der Waals surface area contributed by atoms with Crippen molar-refractivity contribution in [3.05, 3.63) is 65.7 Å². The van der Waals surface area contributed by atoms with Gasteiger partial charge in [-0.3, -0.25) is 10.1 Å². The van der Waals surface area contributed by atoms with Crippen molar-refractivity contribution < 1.29 is 14.0 Å². The van der Waals surface area contributed by atoms with Crippen LogP contribution in [-0.2, 0) is 4.79 Å². The number of rotatable bonds is 2. The van der Waals surface area contributed by atoms with E-state index in [0.29, 0.717) is 11.3 Å². The van der Waals surface area contributed by atoms with Gasteiger partial charge in [-0.1, -0.05) is 30.3 Å². The van der Waals surface area contributed by atoms with Gasteiger partial charge in [0.15, 0.2) is 0 Å². The SMILES string of the molecule is O=C1NC(=O)C(=C(c2ccccc2)c2ccco2)N1. The van der Waals surface area contributed by atoms with Crippen molar-refractivity contribution in [1.29, 1.82) is 0 Å². The minimum atomic E-state index is -0.528. The highest BCUT2D eigenvalue weighted by Gasteiger charge is 2.28. The van der Waals surface area contributed by atoms with Crippen molar-refractivity contribution in [3.8, 4) is 0 Å². The standard InChI is InChI=1S/C14H10N2O3/c17-13-12(15-14(18)16-13)11(10-7-4-8-19-10)9-5-2-1-3-6-9/h1-8H,(H2,15,16,17,18). The Hall–Kier alpha value is -2.82. The Morgan fingerprint density at radius 1 is 0.947 bits per heavy atom. The first-order valence-electron chi connectivity index (χ1n) is 5.71. The lowest BCUT2D eigenvalue weighted by molar-refractivity contribution is -0.115. The number of amides is 3. The summed E-state index contributed by atoms with van der Waals surface area (Å²) < 4.78 is 5.36. The molecule has 0 unspecified atom stereocenters. The van der Waals surface area contributed by atoms with E-state index in [4.69, 9.17) is 4.42 Å². The number of furan rings is 1. The molecule has 0 bridgehead atoms. The normalized spacial score (nSPS) is 17.1. The molecule has 1 saturated heterocycles. The van der Waals surface area contributed by atoms with E-state index >= 15 is 0 Å². The molecule has 0 saturated carbocycles. The molecule has 19 heavy (non-hydrogen) atoms. The van der Waals surface area contributed by atoms with E-state index < -0.39 is 11.9 Å². The molecule has 0 spiro atoms. The van der Waals surface area contributed by atoms with Gasteiger partial charge in [0.05, 0.1) is 11.8 Å². The van der Waals surface area contributed by atoms with Crippen molar-refractivity contribution in [2.45, 2.75) is 0 Å². The van der Waals surface area contributed by atoms with Crippen LogP contribution < -0.4 is 10.6 Å². The van der Waals surface area contributed by atoms with Crippen LogP contribution in [0.5, 0.6) is 0 Å². The average Bonchev–Trinajstić information content (AvgIpc) is 3.03. The molecule has 5 nitrogen and oxygen atoms in total. The topological polar surface area (TPSA) is 71.3 Å². The van der Waals surface area contributed by atoms with Crippen molar-refractivity contribution >= 4 is 17.5 Å². The van der Waals surface area contributed by atoms with Gasteiger partial charge >= 0.3 is 6.03 Å².